The molecule has 5 heterocycles. The Balaban J connectivity index is 1.09. The Morgan fingerprint density at radius 1 is 1.10 bits per heavy atom. The molecule has 0 spiro atoms. The van der Waals surface area contributed by atoms with Crippen molar-refractivity contribution >= 4 is 34.5 Å². The van der Waals surface area contributed by atoms with E-state index in [1.165, 1.54) is 0 Å². The number of piperazine rings is 1. The largest absolute Gasteiger partial charge is 0.444 e. The van der Waals surface area contributed by atoms with Crippen LogP contribution in [-0.2, 0) is 26.1 Å². The van der Waals surface area contributed by atoms with Gasteiger partial charge in [0, 0.05) is 51.6 Å². The molecule has 11 heteroatoms. The molecule has 1 aromatic carbocycles. The number of para-hydroxylation sites is 1. The molecule has 0 aliphatic carbocycles. The number of aromatic nitrogens is 2. The molecular weight excluding hydrogens is 524 g/mol. The van der Waals surface area contributed by atoms with Gasteiger partial charge < -0.3 is 14.4 Å². The van der Waals surface area contributed by atoms with Gasteiger partial charge in [-0.2, -0.15) is 5.10 Å². The lowest BCUT2D eigenvalue weighted by Gasteiger charge is -2.50. The summed E-state index contributed by atoms with van der Waals surface area (Å²) in [5.41, 5.74) is 2.43. The van der Waals surface area contributed by atoms with Crippen LogP contribution in [0.1, 0.15) is 58.1 Å². The summed E-state index contributed by atoms with van der Waals surface area (Å²) in [5, 5.41) is 8.22. The normalized spacial score (nSPS) is 26.4. The summed E-state index contributed by atoms with van der Waals surface area (Å²) in [4.78, 5) is 44.1. The van der Waals surface area contributed by atoms with Crippen molar-refractivity contribution in [2.45, 2.75) is 70.1 Å². The van der Waals surface area contributed by atoms with Crippen molar-refractivity contribution in [2.24, 2.45) is 13.0 Å². The number of fused-ring (bicyclic) bond motifs is 3. The Morgan fingerprint density at radius 2 is 1.80 bits per heavy atom. The molecule has 222 valence electrons. The van der Waals surface area contributed by atoms with Crippen molar-refractivity contribution < 1.29 is 23.9 Å². The van der Waals surface area contributed by atoms with Gasteiger partial charge in [0.05, 0.1) is 48.1 Å². The van der Waals surface area contributed by atoms with E-state index in [9.17, 15) is 14.4 Å². The van der Waals surface area contributed by atoms with E-state index in [-0.39, 0.29) is 30.0 Å². The van der Waals surface area contributed by atoms with Crippen LogP contribution in [0, 0.1) is 5.92 Å². The van der Waals surface area contributed by atoms with Crippen LogP contribution in [0.2, 0.25) is 0 Å². The predicted octanol–water partition coefficient (Wildman–Crippen LogP) is 2.63. The summed E-state index contributed by atoms with van der Waals surface area (Å²) in [6, 6.07) is 6.29. The maximum atomic E-state index is 12.9. The van der Waals surface area contributed by atoms with Crippen LogP contribution in [0.25, 0.3) is 10.9 Å². The number of nitrogens with zero attached hydrogens (tertiary/aromatic N) is 5. The molecule has 1 aromatic heterocycles. The van der Waals surface area contributed by atoms with Gasteiger partial charge in [0.1, 0.15) is 5.60 Å². The number of benzene rings is 1. The van der Waals surface area contributed by atoms with Gasteiger partial charge in [-0.15, -0.1) is 0 Å². The van der Waals surface area contributed by atoms with Crippen molar-refractivity contribution in [1.29, 1.82) is 0 Å². The molecule has 2 bridgehead atoms. The minimum absolute atomic E-state index is 0.0263. The summed E-state index contributed by atoms with van der Waals surface area (Å²) in [7, 11) is 1.94. The topological polar surface area (TPSA) is 109 Å². The molecule has 1 N–H and O–H groups in total. The van der Waals surface area contributed by atoms with E-state index in [0.29, 0.717) is 32.0 Å². The number of amides is 3. The fourth-order valence-electron chi connectivity index (χ4n) is 7.04. The van der Waals surface area contributed by atoms with E-state index in [2.05, 4.69) is 21.2 Å². The molecule has 4 aliphatic rings. The number of hydrogen-bond acceptors (Lipinski definition) is 8. The molecule has 3 atom stereocenters. The average Bonchev–Trinajstić information content (AvgIpc) is 3.24. The molecule has 2 aromatic rings. The van der Waals surface area contributed by atoms with E-state index in [4.69, 9.17) is 14.6 Å². The fourth-order valence-corrected chi connectivity index (χ4v) is 7.04. The standard InChI is InChI=1S/C30H42N6O5/c1-30(2,3)41-29(39)36-20-15-34(16-21(36)18-40-17-20)14-19-10-12-35(13-11-19)24-7-5-6-22-26(32-33(4)27(22)24)23-8-9-25(37)31-28(23)38/h5-7,19-21,23H,8-18H2,1-4H3,(H,31,37,38). The number of hydrogen-bond donors (Lipinski definition) is 1. The van der Waals surface area contributed by atoms with Gasteiger partial charge in [-0.05, 0) is 52.0 Å². The Bertz CT molecular complexity index is 1310. The number of morpholine rings is 1. The highest BCUT2D eigenvalue weighted by Crippen LogP contribution is 2.36. The summed E-state index contributed by atoms with van der Waals surface area (Å²) in [6.45, 7) is 11.4. The van der Waals surface area contributed by atoms with Crippen LogP contribution in [0.5, 0.6) is 0 Å². The quantitative estimate of drug-likeness (QED) is 0.563. The van der Waals surface area contributed by atoms with Gasteiger partial charge in [-0.1, -0.05) is 12.1 Å². The summed E-state index contributed by atoms with van der Waals surface area (Å²) in [5.74, 6) is -0.282. The summed E-state index contributed by atoms with van der Waals surface area (Å²) in [6.07, 6.45) is 2.78. The van der Waals surface area contributed by atoms with E-state index in [1.54, 1.807) is 0 Å². The minimum atomic E-state index is -0.510. The third-order valence-electron chi connectivity index (χ3n) is 8.86. The van der Waals surface area contributed by atoms with Crippen LogP contribution in [0.15, 0.2) is 18.2 Å². The minimum Gasteiger partial charge on any atom is -0.444 e. The van der Waals surface area contributed by atoms with Crippen LogP contribution < -0.4 is 10.2 Å². The van der Waals surface area contributed by atoms with E-state index in [1.807, 2.05) is 49.5 Å². The molecule has 6 rings (SSSR count). The molecule has 3 amide bonds. The van der Waals surface area contributed by atoms with E-state index in [0.717, 1.165) is 67.8 Å². The molecule has 0 radical (unpaired) electrons. The number of piperidine rings is 2. The number of carbonyl (C=O) groups is 3. The Labute approximate surface area is 241 Å². The molecule has 4 saturated heterocycles. The van der Waals surface area contributed by atoms with Crippen LogP contribution in [0.4, 0.5) is 10.5 Å². The van der Waals surface area contributed by atoms with Crippen molar-refractivity contribution in [3.05, 3.63) is 23.9 Å². The number of imide groups is 1. The smallest absolute Gasteiger partial charge is 0.411 e. The predicted molar refractivity (Wildman–Crippen MR) is 154 cm³/mol. The highest BCUT2D eigenvalue weighted by atomic mass is 16.6. The number of ether oxygens (including phenoxy) is 2. The molecular formula is C30H42N6O5. The Hall–Kier alpha value is -3.18. The summed E-state index contributed by atoms with van der Waals surface area (Å²) >= 11 is 0. The Kier molecular flexibility index (Phi) is 7.44. The Morgan fingerprint density at radius 3 is 2.46 bits per heavy atom. The first kappa shape index (κ1) is 28.0. The number of carbonyl (C=O) groups excluding carboxylic acids is 3. The van der Waals surface area contributed by atoms with Gasteiger partial charge in [0.15, 0.2) is 0 Å². The van der Waals surface area contributed by atoms with Crippen LogP contribution in [0.3, 0.4) is 0 Å². The van der Waals surface area contributed by atoms with Crippen molar-refractivity contribution in [1.82, 2.24) is 24.9 Å². The van der Waals surface area contributed by atoms with Crippen LogP contribution in [-0.4, -0.2) is 101 Å². The maximum Gasteiger partial charge on any atom is 0.411 e. The fraction of sp³-hybridized carbons (Fsp3) is 0.667. The highest BCUT2D eigenvalue weighted by molar-refractivity contribution is 6.03. The third-order valence-corrected chi connectivity index (χ3v) is 8.86. The lowest BCUT2D eigenvalue weighted by atomic mass is 9.92. The third kappa shape index (κ3) is 5.66. The van der Waals surface area contributed by atoms with Gasteiger partial charge in [0.2, 0.25) is 11.8 Å². The molecule has 4 aliphatic heterocycles. The monoisotopic (exact) mass is 566 g/mol. The second kappa shape index (κ2) is 10.9. The lowest BCUT2D eigenvalue weighted by Crippen LogP contribution is -2.67. The maximum absolute atomic E-state index is 12.9. The molecule has 41 heavy (non-hydrogen) atoms. The zero-order valence-corrected chi connectivity index (χ0v) is 24.6. The van der Waals surface area contributed by atoms with Crippen molar-refractivity contribution in [3.63, 3.8) is 0 Å². The van der Waals surface area contributed by atoms with Crippen LogP contribution >= 0.6 is 0 Å². The highest BCUT2D eigenvalue weighted by Gasteiger charge is 2.43. The summed E-state index contributed by atoms with van der Waals surface area (Å²) < 4.78 is 13.4. The van der Waals surface area contributed by atoms with Crippen molar-refractivity contribution in [2.75, 3.05) is 50.8 Å². The second-order valence-electron chi connectivity index (χ2n) is 13.1. The first-order valence-electron chi connectivity index (χ1n) is 14.9. The van der Waals surface area contributed by atoms with Gasteiger partial charge in [-0.3, -0.25) is 29.4 Å². The van der Waals surface area contributed by atoms with Gasteiger partial charge in [-0.25, -0.2) is 4.79 Å². The van der Waals surface area contributed by atoms with E-state index >= 15 is 0 Å². The van der Waals surface area contributed by atoms with Crippen molar-refractivity contribution in [3.8, 4) is 0 Å². The lowest BCUT2D eigenvalue weighted by molar-refractivity contribution is -0.134. The molecule has 4 fully saturated rings. The van der Waals surface area contributed by atoms with Gasteiger partial charge >= 0.3 is 6.09 Å². The zero-order valence-electron chi connectivity index (χ0n) is 24.6. The molecule has 0 saturated carbocycles. The van der Waals surface area contributed by atoms with Gasteiger partial charge in [0.25, 0.3) is 0 Å². The first-order valence-corrected chi connectivity index (χ1v) is 14.9. The second-order valence-corrected chi connectivity index (χ2v) is 13.1. The average molecular weight is 567 g/mol. The number of rotatable bonds is 4. The first-order chi connectivity index (χ1) is 19.6. The number of aryl methyl sites for hydroxylation is 1. The zero-order chi connectivity index (χ0) is 28.9. The SMILES string of the molecule is Cn1nc(C2CCC(=O)NC2=O)c2cccc(N3CCC(CN4CC5COCC(C4)N5C(=O)OC(C)(C)C)CC3)c21. The number of nitrogens with one attached hydrogen (secondary N) is 1. The number of anilines is 1. The molecule has 3 unspecified atom stereocenters. The molecule has 11 nitrogen and oxygen atoms in total. The van der Waals surface area contributed by atoms with E-state index < -0.39 is 11.5 Å².